The monoisotopic (exact) mass is 240 g/mol. The average molecular weight is 240 g/mol. The zero-order valence-corrected chi connectivity index (χ0v) is 11.1. The second kappa shape index (κ2) is 4.27. The number of rotatable bonds is 2. The molecular weight excluding hydrogens is 220 g/mol. The first kappa shape index (κ1) is 11.5. The van der Waals surface area contributed by atoms with Crippen LogP contribution in [-0.2, 0) is 0 Å². The highest BCUT2D eigenvalue weighted by Crippen LogP contribution is 2.39. The Morgan fingerprint density at radius 3 is 2.83 bits per heavy atom. The Kier molecular flexibility index (Phi) is 2.73. The molecule has 94 valence electrons. The largest absolute Gasteiger partial charge is 0.381 e. The number of benzene rings is 1. The van der Waals surface area contributed by atoms with E-state index < -0.39 is 0 Å². The summed E-state index contributed by atoms with van der Waals surface area (Å²) in [6, 6.07) is 11.0. The topological polar surface area (TPSA) is 24.9 Å². The zero-order valence-electron chi connectivity index (χ0n) is 11.1. The normalized spacial score (nSPS) is 22.2. The van der Waals surface area contributed by atoms with Gasteiger partial charge in [-0.15, -0.1) is 0 Å². The molecule has 1 atom stereocenters. The molecule has 0 bridgehead atoms. The number of pyridine rings is 1. The molecule has 3 rings (SSSR count). The number of para-hydroxylation sites is 1. The molecular formula is C16H20N2. The van der Waals surface area contributed by atoms with Crippen molar-refractivity contribution in [3.63, 3.8) is 0 Å². The van der Waals surface area contributed by atoms with E-state index in [9.17, 15) is 0 Å². The van der Waals surface area contributed by atoms with Gasteiger partial charge in [-0.2, -0.15) is 0 Å². The summed E-state index contributed by atoms with van der Waals surface area (Å²) in [6.07, 6.45) is 5.80. The van der Waals surface area contributed by atoms with E-state index in [0.717, 1.165) is 5.52 Å². The number of fused-ring (bicyclic) bond motifs is 1. The molecule has 1 unspecified atom stereocenters. The quantitative estimate of drug-likeness (QED) is 0.850. The van der Waals surface area contributed by atoms with Crippen LogP contribution < -0.4 is 5.32 Å². The highest BCUT2D eigenvalue weighted by molar-refractivity contribution is 5.91. The van der Waals surface area contributed by atoms with E-state index in [1.807, 2.05) is 12.3 Å². The van der Waals surface area contributed by atoms with Gasteiger partial charge in [0, 0.05) is 23.3 Å². The fourth-order valence-electron chi connectivity index (χ4n) is 3.00. The van der Waals surface area contributed by atoms with E-state index in [2.05, 4.69) is 48.4 Å². The van der Waals surface area contributed by atoms with Gasteiger partial charge in [0.25, 0.3) is 0 Å². The van der Waals surface area contributed by atoms with Crippen LogP contribution in [0.2, 0.25) is 0 Å². The second-order valence-corrected chi connectivity index (χ2v) is 5.95. The van der Waals surface area contributed by atoms with Crippen molar-refractivity contribution in [2.24, 2.45) is 5.41 Å². The van der Waals surface area contributed by atoms with E-state index in [0.29, 0.717) is 11.5 Å². The first-order valence-corrected chi connectivity index (χ1v) is 6.77. The second-order valence-electron chi connectivity index (χ2n) is 5.95. The highest BCUT2D eigenvalue weighted by Gasteiger charge is 2.34. The predicted molar refractivity (Wildman–Crippen MR) is 76.8 cm³/mol. The van der Waals surface area contributed by atoms with Crippen LogP contribution >= 0.6 is 0 Å². The molecule has 1 N–H and O–H groups in total. The third kappa shape index (κ3) is 1.96. The summed E-state index contributed by atoms with van der Waals surface area (Å²) in [5, 5.41) is 4.96. The molecule has 1 fully saturated rings. The van der Waals surface area contributed by atoms with Crippen LogP contribution in [0.25, 0.3) is 10.9 Å². The minimum atomic E-state index is 0.393. The molecule has 0 radical (unpaired) electrons. The van der Waals surface area contributed by atoms with Crippen LogP contribution in [0.1, 0.15) is 33.1 Å². The van der Waals surface area contributed by atoms with Gasteiger partial charge in [0.15, 0.2) is 0 Å². The van der Waals surface area contributed by atoms with Gasteiger partial charge >= 0.3 is 0 Å². The maximum Gasteiger partial charge on any atom is 0.0722 e. The maximum atomic E-state index is 4.41. The third-order valence-corrected chi connectivity index (χ3v) is 4.24. The first-order chi connectivity index (χ1) is 8.67. The molecule has 1 aliphatic rings. The molecule has 1 aromatic heterocycles. The Hall–Kier alpha value is -1.57. The maximum absolute atomic E-state index is 4.41. The van der Waals surface area contributed by atoms with Crippen molar-refractivity contribution < 1.29 is 0 Å². The fourth-order valence-corrected chi connectivity index (χ4v) is 3.00. The van der Waals surface area contributed by atoms with Crippen LogP contribution in [0.3, 0.4) is 0 Å². The molecule has 0 amide bonds. The SMILES string of the molecule is CC1(C)CCCC1Nc1ccnc2ccccc12. The summed E-state index contributed by atoms with van der Waals surface area (Å²) in [7, 11) is 0. The summed E-state index contributed by atoms with van der Waals surface area (Å²) in [4.78, 5) is 4.41. The number of hydrogen-bond acceptors (Lipinski definition) is 2. The lowest BCUT2D eigenvalue weighted by molar-refractivity contribution is 0.350. The Balaban J connectivity index is 1.95. The van der Waals surface area contributed by atoms with Crippen molar-refractivity contribution in [1.29, 1.82) is 0 Å². The van der Waals surface area contributed by atoms with Crippen LogP contribution in [0.15, 0.2) is 36.5 Å². The number of nitrogens with one attached hydrogen (secondary N) is 1. The van der Waals surface area contributed by atoms with Crippen LogP contribution in [0.5, 0.6) is 0 Å². The van der Waals surface area contributed by atoms with Gasteiger partial charge < -0.3 is 5.32 Å². The molecule has 0 saturated heterocycles. The number of hydrogen-bond donors (Lipinski definition) is 1. The van der Waals surface area contributed by atoms with Gasteiger partial charge in [-0.3, -0.25) is 4.98 Å². The Bertz CT molecular complexity index is 555. The van der Waals surface area contributed by atoms with Crippen molar-refractivity contribution in [1.82, 2.24) is 4.98 Å². The molecule has 2 heteroatoms. The molecule has 1 saturated carbocycles. The molecule has 1 aromatic carbocycles. The average Bonchev–Trinajstić information content (AvgIpc) is 2.69. The molecule has 1 aliphatic carbocycles. The fraction of sp³-hybridized carbons (Fsp3) is 0.438. The van der Waals surface area contributed by atoms with Crippen molar-refractivity contribution in [2.75, 3.05) is 5.32 Å². The molecule has 1 heterocycles. The van der Waals surface area contributed by atoms with Gasteiger partial charge in [0.05, 0.1) is 5.52 Å². The number of nitrogens with zero attached hydrogens (tertiary/aromatic N) is 1. The minimum Gasteiger partial charge on any atom is -0.381 e. The number of aromatic nitrogens is 1. The molecule has 2 nitrogen and oxygen atoms in total. The first-order valence-electron chi connectivity index (χ1n) is 6.77. The summed E-state index contributed by atoms with van der Waals surface area (Å²) >= 11 is 0. The number of anilines is 1. The standard InChI is InChI=1S/C16H20N2/c1-16(2)10-5-8-15(16)18-14-9-11-17-13-7-4-3-6-12(13)14/h3-4,6-7,9,11,15H,5,8,10H2,1-2H3,(H,17,18). The smallest absolute Gasteiger partial charge is 0.0722 e. The molecule has 2 aromatic rings. The highest BCUT2D eigenvalue weighted by atomic mass is 14.9. The third-order valence-electron chi connectivity index (χ3n) is 4.24. The van der Waals surface area contributed by atoms with Crippen molar-refractivity contribution in [2.45, 2.75) is 39.2 Å². The zero-order chi connectivity index (χ0) is 12.6. The van der Waals surface area contributed by atoms with Crippen molar-refractivity contribution in [3.05, 3.63) is 36.5 Å². The summed E-state index contributed by atoms with van der Waals surface area (Å²) < 4.78 is 0. The van der Waals surface area contributed by atoms with Gasteiger partial charge in [-0.1, -0.05) is 38.5 Å². The molecule has 18 heavy (non-hydrogen) atoms. The van der Waals surface area contributed by atoms with Crippen molar-refractivity contribution >= 4 is 16.6 Å². The van der Waals surface area contributed by atoms with Gasteiger partial charge in [0.2, 0.25) is 0 Å². The van der Waals surface area contributed by atoms with Crippen LogP contribution in [-0.4, -0.2) is 11.0 Å². The van der Waals surface area contributed by atoms with Crippen molar-refractivity contribution in [3.8, 4) is 0 Å². The summed E-state index contributed by atoms with van der Waals surface area (Å²) in [5.41, 5.74) is 2.68. The molecule has 0 spiro atoms. The van der Waals surface area contributed by atoms with E-state index in [4.69, 9.17) is 0 Å². The van der Waals surface area contributed by atoms with E-state index in [1.165, 1.54) is 30.3 Å². The Morgan fingerprint density at radius 1 is 1.22 bits per heavy atom. The predicted octanol–water partition coefficient (Wildman–Crippen LogP) is 4.23. The summed E-state index contributed by atoms with van der Waals surface area (Å²) in [6.45, 7) is 4.72. The van der Waals surface area contributed by atoms with E-state index in [1.54, 1.807) is 0 Å². The lowest BCUT2D eigenvalue weighted by Gasteiger charge is -2.29. The van der Waals surface area contributed by atoms with Gasteiger partial charge in [0.1, 0.15) is 0 Å². The Morgan fingerprint density at radius 2 is 2.06 bits per heavy atom. The molecule has 0 aliphatic heterocycles. The van der Waals surface area contributed by atoms with E-state index >= 15 is 0 Å². The van der Waals surface area contributed by atoms with Gasteiger partial charge in [-0.25, -0.2) is 0 Å². The van der Waals surface area contributed by atoms with Crippen LogP contribution in [0, 0.1) is 5.41 Å². The lowest BCUT2D eigenvalue weighted by atomic mass is 9.87. The minimum absolute atomic E-state index is 0.393. The van der Waals surface area contributed by atoms with E-state index in [-0.39, 0.29) is 0 Å². The Labute approximate surface area is 108 Å². The van der Waals surface area contributed by atoms with Crippen LogP contribution in [0.4, 0.5) is 5.69 Å². The van der Waals surface area contributed by atoms with Gasteiger partial charge in [-0.05, 0) is 30.4 Å². The summed E-state index contributed by atoms with van der Waals surface area (Å²) in [5.74, 6) is 0. The lowest BCUT2D eigenvalue weighted by Crippen LogP contribution is -2.30.